The molecule has 0 unspecified atom stereocenters. The van der Waals surface area contributed by atoms with E-state index in [9.17, 15) is 9.59 Å². The molecule has 1 rings (SSSR count). The lowest BCUT2D eigenvalue weighted by Crippen LogP contribution is -2.38. The minimum absolute atomic E-state index is 0.0589. The lowest BCUT2D eigenvalue weighted by atomic mass is 10.2. The van der Waals surface area contributed by atoms with E-state index in [4.69, 9.17) is 0 Å². The van der Waals surface area contributed by atoms with Crippen LogP contribution in [0.25, 0.3) is 0 Å². The molecule has 0 heterocycles. The van der Waals surface area contributed by atoms with Crippen LogP contribution < -0.4 is 0 Å². The van der Waals surface area contributed by atoms with Gasteiger partial charge in [0, 0.05) is 25.2 Å². The second-order valence-corrected chi connectivity index (χ2v) is 4.79. The Morgan fingerprint density at radius 3 is 2.25 bits per heavy atom. The highest BCUT2D eigenvalue weighted by atomic mass is 16.5. The van der Waals surface area contributed by atoms with Crippen molar-refractivity contribution in [1.82, 2.24) is 9.80 Å². The quantitative estimate of drug-likeness (QED) is 0.704. The molecule has 0 saturated heterocycles. The summed E-state index contributed by atoms with van der Waals surface area (Å²) < 4.78 is 4.62. The number of hydrogen-bond donors (Lipinski definition) is 0. The molecule has 1 amide bonds. The smallest absolute Gasteiger partial charge is 0.307 e. The molecular formula is C15H22N2O3. The topological polar surface area (TPSA) is 49.9 Å². The number of rotatable bonds is 7. The van der Waals surface area contributed by atoms with Gasteiger partial charge < -0.3 is 14.5 Å². The molecule has 0 aromatic heterocycles. The summed E-state index contributed by atoms with van der Waals surface area (Å²) in [6.45, 7) is 1.70. The number of nitrogens with zero attached hydrogens (tertiary/aromatic N) is 2. The molecule has 1 aromatic carbocycles. The Bertz CT molecular complexity index is 432. The highest BCUT2D eigenvalue weighted by Gasteiger charge is 2.16. The van der Waals surface area contributed by atoms with E-state index >= 15 is 0 Å². The van der Waals surface area contributed by atoms with Crippen LogP contribution in [-0.2, 0) is 9.53 Å². The Hall–Kier alpha value is -1.88. The zero-order valence-electron chi connectivity index (χ0n) is 12.3. The molecule has 20 heavy (non-hydrogen) atoms. The first kappa shape index (κ1) is 16.2. The van der Waals surface area contributed by atoms with E-state index < -0.39 is 0 Å². The highest BCUT2D eigenvalue weighted by Crippen LogP contribution is 2.06. The molecule has 110 valence electrons. The zero-order chi connectivity index (χ0) is 15.0. The molecule has 0 radical (unpaired) electrons. The summed E-state index contributed by atoms with van der Waals surface area (Å²) >= 11 is 0. The van der Waals surface area contributed by atoms with Crippen LogP contribution in [0.15, 0.2) is 30.3 Å². The van der Waals surface area contributed by atoms with Gasteiger partial charge in [0.05, 0.1) is 13.5 Å². The number of methoxy groups -OCH3 is 1. The van der Waals surface area contributed by atoms with Gasteiger partial charge in [0.15, 0.2) is 0 Å². The number of ether oxygens (including phenoxy) is 1. The Morgan fingerprint density at radius 2 is 1.70 bits per heavy atom. The van der Waals surface area contributed by atoms with E-state index in [-0.39, 0.29) is 18.3 Å². The van der Waals surface area contributed by atoms with Gasteiger partial charge in [0.25, 0.3) is 5.91 Å². The number of carbonyl (C=O) groups excluding carboxylic acids is 2. The van der Waals surface area contributed by atoms with Gasteiger partial charge in [0.2, 0.25) is 0 Å². The molecule has 0 bridgehead atoms. The van der Waals surface area contributed by atoms with Crippen molar-refractivity contribution < 1.29 is 14.3 Å². The monoisotopic (exact) mass is 278 g/mol. The molecule has 5 heteroatoms. The van der Waals surface area contributed by atoms with Crippen molar-refractivity contribution in [2.45, 2.75) is 6.42 Å². The fraction of sp³-hybridized carbons (Fsp3) is 0.467. The fourth-order valence-electron chi connectivity index (χ4n) is 1.73. The van der Waals surface area contributed by atoms with Gasteiger partial charge in [-0.15, -0.1) is 0 Å². The van der Waals surface area contributed by atoms with Gasteiger partial charge in [-0.3, -0.25) is 9.59 Å². The zero-order valence-corrected chi connectivity index (χ0v) is 12.3. The van der Waals surface area contributed by atoms with Crippen LogP contribution in [0.4, 0.5) is 0 Å². The molecule has 0 atom stereocenters. The third-order valence-corrected chi connectivity index (χ3v) is 2.94. The Balaban J connectivity index is 2.70. The van der Waals surface area contributed by atoms with E-state index in [1.807, 2.05) is 37.2 Å². The molecule has 0 aliphatic rings. The largest absolute Gasteiger partial charge is 0.469 e. The minimum atomic E-state index is -0.305. The number of likely N-dealkylation sites (N-methyl/N-ethyl adjacent to an activating group) is 1. The Labute approximate surface area is 120 Å². The van der Waals surface area contributed by atoms with Crippen molar-refractivity contribution in [3.63, 3.8) is 0 Å². The number of esters is 1. The lowest BCUT2D eigenvalue weighted by Gasteiger charge is -2.24. The van der Waals surface area contributed by atoms with E-state index in [1.165, 1.54) is 7.11 Å². The highest BCUT2D eigenvalue weighted by molar-refractivity contribution is 5.94. The summed E-state index contributed by atoms with van der Waals surface area (Å²) in [4.78, 5) is 27.3. The lowest BCUT2D eigenvalue weighted by molar-refractivity contribution is -0.140. The average molecular weight is 278 g/mol. The molecule has 5 nitrogen and oxygen atoms in total. The van der Waals surface area contributed by atoms with Gasteiger partial charge in [-0.05, 0) is 26.2 Å². The normalized spacial score (nSPS) is 10.4. The van der Waals surface area contributed by atoms with Gasteiger partial charge in [-0.1, -0.05) is 18.2 Å². The Kier molecular flexibility index (Phi) is 6.73. The van der Waals surface area contributed by atoms with Gasteiger partial charge in [0.1, 0.15) is 0 Å². The van der Waals surface area contributed by atoms with Gasteiger partial charge in [-0.25, -0.2) is 0 Å². The van der Waals surface area contributed by atoms with Crippen molar-refractivity contribution in [3.05, 3.63) is 35.9 Å². The maximum absolute atomic E-state index is 12.4. The maximum Gasteiger partial charge on any atom is 0.307 e. The molecule has 0 fully saturated rings. The number of amides is 1. The van der Waals surface area contributed by atoms with Gasteiger partial charge in [-0.2, -0.15) is 0 Å². The second-order valence-electron chi connectivity index (χ2n) is 4.79. The third kappa shape index (κ3) is 5.40. The molecular weight excluding hydrogens is 256 g/mol. The fourth-order valence-corrected chi connectivity index (χ4v) is 1.73. The van der Waals surface area contributed by atoms with Crippen molar-refractivity contribution in [1.29, 1.82) is 0 Å². The predicted molar refractivity (Wildman–Crippen MR) is 77.5 cm³/mol. The molecule has 0 spiro atoms. The predicted octanol–water partition coefficient (Wildman–Crippen LogP) is 1.25. The number of carbonyl (C=O) groups is 2. The second kappa shape index (κ2) is 8.32. The van der Waals surface area contributed by atoms with E-state index in [0.29, 0.717) is 18.7 Å². The van der Waals surface area contributed by atoms with Gasteiger partial charge >= 0.3 is 5.97 Å². The minimum Gasteiger partial charge on any atom is -0.469 e. The first-order valence-corrected chi connectivity index (χ1v) is 6.60. The third-order valence-electron chi connectivity index (χ3n) is 2.94. The summed E-state index contributed by atoms with van der Waals surface area (Å²) in [5, 5.41) is 0. The van der Waals surface area contributed by atoms with Crippen LogP contribution in [0.5, 0.6) is 0 Å². The average Bonchev–Trinajstić information content (AvgIpc) is 2.47. The summed E-state index contributed by atoms with van der Waals surface area (Å²) in [5.74, 6) is -0.364. The summed E-state index contributed by atoms with van der Waals surface area (Å²) in [7, 11) is 5.25. The van der Waals surface area contributed by atoms with Crippen LogP contribution in [-0.4, -0.2) is 62.5 Å². The first-order valence-electron chi connectivity index (χ1n) is 6.60. The number of benzene rings is 1. The molecule has 0 aliphatic heterocycles. The van der Waals surface area contributed by atoms with Crippen molar-refractivity contribution in [2.75, 3.05) is 40.8 Å². The van der Waals surface area contributed by atoms with Crippen LogP contribution in [0.2, 0.25) is 0 Å². The van der Waals surface area contributed by atoms with Crippen LogP contribution in [0.1, 0.15) is 16.8 Å². The SMILES string of the molecule is COC(=O)CCN(CCN(C)C)C(=O)c1ccccc1. The first-order chi connectivity index (χ1) is 9.54. The molecule has 0 N–H and O–H groups in total. The van der Waals surface area contributed by atoms with Crippen molar-refractivity contribution in [3.8, 4) is 0 Å². The van der Waals surface area contributed by atoms with Crippen LogP contribution in [0.3, 0.4) is 0 Å². The van der Waals surface area contributed by atoms with E-state index in [2.05, 4.69) is 4.74 Å². The van der Waals surface area contributed by atoms with Crippen LogP contribution >= 0.6 is 0 Å². The van der Waals surface area contributed by atoms with E-state index in [1.54, 1.807) is 17.0 Å². The standard InChI is InChI=1S/C15H22N2O3/c1-16(2)11-12-17(10-9-14(18)20-3)15(19)13-7-5-4-6-8-13/h4-8H,9-12H2,1-3H3. The van der Waals surface area contributed by atoms with Crippen LogP contribution in [0, 0.1) is 0 Å². The summed E-state index contributed by atoms with van der Waals surface area (Å²) in [6.07, 6.45) is 0.211. The molecule has 0 saturated carbocycles. The summed E-state index contributed by atoms with van der Waals surface area (Å²) in [5.41, 5.74) is 0.635. The van der Waals surface area contributed by atoms with Crippen molar-refractivity contribution in [2.24, 2.45) is 0 Å². The summed E-state index contributed by atoms with van der Waals surface area (Å²) in [6, 6.07) is 9.09. The number of hydrogen-bond acceptors (Lipinski definition) is 4. The molecule has 1 aromatic rings. The maximum atomic E-state index is 12.4. The van der Waals surface area contributed by atoms with Crippen molar-refractivity contribution >= 4 is 11.9 Å². The van der Waals surface area contributed by atoms with E-state index in [0.717, 1.165) is 6.54 Å². The molecule has 0 aliphatic carbocycles. The Morgan fingerprint density at radius 1 is 1.05 bits per heavy atom.